The smallest absolute Gasteiger partial charge is 0.249 e. The Bertz CT molecular complexity index is 355. The lowest BCUT2D eigenvalue weighted by Gasteiger charge is -2.40. The third kappa shape index (κ3) is 5.98. The lowest BCUT2D eigenvalue weighted by atomic mass is 9.96. The van der Waals surface area contributed by atoms with E-state index in [4.69, 9.17) is 9.84 Å². The molecule has 0 bridgehead atoms. The standard InChI is InChI=1S/C15H29NO7/c1-2-3-4-5-6-7-9(18)14(21)16-11-13(20)12(19)10(8-17)23-15(11)22/h9-13,15,17-20,22H,2-8H2,1H3,(H,16,21)/t9?,10-,11-,12-,13-,15?/m1/s1. The highest BCUT2D eigenvalue weighted by molar-refractivity contribution is 5.80. The minimum absolute atomic E-state index is 0.289. The molecule has 1 heterocycles. The van der Waals surface area contributed by atoms with Crippen LogP contribution in [0.25, 0.3) is 0 Å². The van der Waals surface area contributed by atoms with Gasteiger partial charge in [-0.05, 0) is 6.42 Å². The van der Waals surface area contributed by atoms with Crippen molar-refractivity contribution < 1.29 is 35.1 Å². The molecular formula is C15H29NO7. The van der Waals surface area contributed by atoms with E-state index in [2.05, 4.69) is 12.2 Å². The molecule has 0 aromatic carbocycles. The van der Waals surface area contributed by atoms with E-state index in [-0.39, 0.29) is 6.42 Å². The van der Waals surface area contributed by atoms with Gasteiger partial charge in [-0.3, -0.25) is 4.79 Å². The van der Waals surface area contributed by atoms with Crippen LogP contribution in [0.5, 0.6) is 0 Å². The number of rotatable bonds is 9. The largest absolute Gasteiger partial charge is 0.394 e. The molecule has 8 heteroatoms. The first kappa shape index (κ1) is 20.3. The zero-order valence-electron chi connectivity index (χ0n) is 13.5. The van der Waals surface area contributed by atoms with Crippen LogP contribution in [0.15, 0.2) is 0 Å². The van der Waals surface area contributed by atoms with E-state index in [1.165, 1.54) is 0 Å². The fourth-order valence-corrected chi connectivity index (χ4v) is 2.59. The summed E-state index contributed by atoms with van der Waals surface area (Å²) < 4.78 is 4.94. The van der Waals surface area contributed by atoms with Gasteiger partial charge in [0.2, 0.25) is 5.91 Å². The van der Waals surface area contributed by atoms with Gasteiger partial charge in [-0.15, -0.1) is 0 Å². The average molecular weight is 335 g/mol. The molecule has 6 atom stereocenters. The van der Waals surface area contributed by atoms with E-state index >= 15 is 0 Å². The SMILES string of the molecule is CCCCCCCC(O)C(=O)N[C@H]1C(O)O[C@H](CO)[C@@H](O)[C@@H]1O. The van der Waals surface area contributed by atoms with E-state index in [0.717, 1.165) is 25.7 Å². The number of ether oxygens (including phenoxy) is 1. The maximum absolute atomic E-state index is 11.9. The fourth-order valence-electron chi connectivity index (χ4n) is 2.59. The number of hydrogen-bond acceptors (Lipinski definition) is 7. The van der Waals surface area contributed by atoms with Gasteiger partial charge in [-0.25, -0.2) is 0 Å². The van der Waals surface area contributed by atoms with Gasteiger partial charge in [0.25, 0.3) is 0 Å². The lowest BCUT2D eigenvalue weighted by molar-refractivity contribution is -0.254. The highest BCUT2D eigenvalue weighted by Crippen LogP contribution is 2.20. The quantitative estimate of drug-likeness (QED) is 0.286. The molecule has 1 aliphatic heterocycles. The molecule has 0 radical (unpaired) electrons. The molecule has 0 aliphatic carbocycles. The van der Waals surface area contributed by atoms with Crippen LogP contribution >= 0.6 is 0 Å². The molecule has 2 unspecified atom stereocenters. The Kier molecular flexibility index (Phi) is 8.96. The monoisotopic (exact) mass is 335 g/mol. The molecule has 0 saturated carbocycles. The van der Waals surface area contributed by atoms with Crippen LogP contribution in [0.4, 0.5) is 0 Å². The van der Waals surface area contributed by atoms with Gasteiger partial charge < -0.3 is 35.6 Å². The summed E-state index contributed by atoms with van der Waals surface area (Å²) in [6.45, 7) is 1.53. The maximum atomic E-state index is 11.9. The van der Waals surface area contributed by atoms with Gasteiger partial charge in [-0.2, -0.15) is 0 Å². The zero-order chi connectivity index (χ0) is 17.4. The summed E-state index contributed by atoms with van der Waals surface area (Å²) in [7, 11) is 0. The summed E-state index contributed by atoms with van der Waals surface area (Å²) in [4.78, 5) is 11.9. The average Bonchev–Trinajstić information content (AvgIpc) is 2.54. The zero-order valence-corrected chi connectivity index (χ0v) is 13.5. The van der Waals surface area contributed by atoms with Crippen molar-refractivity contribution in [2.75, 3.05) is 6.61 Å². The number of aliphatic hydroxyl groups is 5. The molecule has 1 amide bonds. The van der Waals surface area contributed by atoms with Crippen molar-refractivity contribution in [3.05, 3.63) is 0 Å². The molecule has 1 aliphatic rings. The molecule has 0 spiro atoms. The topological polar surface area (TPSA) is 139 Å². The van der Waals surface area contributed by atoms with Gasteiger partial charge in [0, 0.05) is 0 Å². The first-order valence-electron chi connectivity index (χ1n) is 8.21. The molecular weight excluding hydrogens is 306 g/mol. The van der Waals surface area contributed by atoms with Crippen molar-refractivity contribution >= 4 is 5.91 Å². The van der Waals surface area contributed by atoms with Crippen LogP contribution in [0.2, 0.25) is 0 Å². The first-order chi connectivity index (χ1) is 10.9. The van der Waals surface area contributed by atoms with Crippen LogP contribution in [-0.4, -0.2) is 74.8 Å². The van der Waals surface area contributed by atoms with Crippen LogP contribution in [-0.2, 0) is 9.53 Å². The number of carbonyl (C=O) groups excluding carboxylic acids is 1. The van der Waals surface area contributed by atoms with Crippen LogP contribution in [0, 0.1) is 0 Å². The molecule has 23 heavy (non-hydrogen) atoms. The number of hydrogen-bond donors (Lipinski definition) is 6. The second-order valence-corrected chi connectivity index (χ2v) is 5.98. The van der Waals surface area contributed by atoms with Crippen LogP contribution in [0.3, 0.4) is 0 Å². The van der Waals surface area contributed by atoms with Crippen LogP contribution in [0.1, 0.15) is 45.4 Å². The highest BCUT2D eigenvalue weighted by Gasteiger charge is 2.44. The molecule has 1 saturated heterocycles. The number of carbonyl (C=O) groups is 1. The second-order valence-electron chi connectivity index (χ2n) is 5.98. The summed E-state index contributed by atoms with van der Waals surface area (Å²) in [6, 6.07) is -1.27. The van der Waals surface area contributed by atoms with Crippen LogP contribution < -0.4 is 5.32 Å². The fraction of sp³-hybridized carbons (Fsp3) is 0.933. The summed E-state index contributed by atoms with van der Waals surface area (Å²) >= 11 is 0. The van der Waals surface area contributed by atoms with Crippen molar-refractivity contribution in [2.24, 2.45) is 0 Å². The molecule has 0 aromatic heterocycles. The highest BCUT2D eigenvalue weighted by atomic mass is 16.6. The number of unbranched alkanes of at least 4 members (excludes halogenated alkanes) is 4. The van der Waals surface area contributed by atoms with Crippen molar-refractivity contribution in [1.82, 2.24) is 5.32 Å². The van der Waals surface area contributed by atoms with E-state index in [1.54, 1.807) is 0 Å². The van der Waals surface area contributed by atoms with Gasteiger partial charge in [0.05, 0.1) is 6.61 Å². The lowest BCUT2D eigenvalue weighted by Crippen LogP contribution is -2.64. The molecule has 6 N–H and O–H groups in total. The Hall–Kier alpha value is -0.770. The summed E-state index contributed by atoms with van der Waals surface area (Å²) in [5.74, 6) is -0.734. The van der Waals surface area contributed by atoms with E-state index < -0.39 is 49.3 Å². The van der Waals surface area contributed by atoms with Gasteiger partial charge in [0.1, 0.15) is 30.5 Å². The number of nitrogens with one attached hydrogen (secondary N) is 1. The van der Waals surface area contributed by atoms with E-state index in [1.807, 2.05) is 0 Å². The number of amides is 1. The summed E-state index contributed by atoms with van der Waals surface area (Å²) in [5.41, 5.74) is 0. The Morgan fingerprint density at radius 1 is 1.13 bits per heavy atom. The van der Waals surface area contributed by atoms with Crippen molar-refractivity contribution in [1.29, 1.82) is 0 Å². The Morgan fingerprint density at radius 3 is 2.39 bits per heavy atom. The normalized spacial score (nSPS) is 32.5. The first-order valence-corrected chi connectivity index (χ1v) is 8.21. The Morgan fingerprint density at radius 2 is 1.78 bits per heavy atom. The van der Waals surface area contributed by atoms with Crippen molar-refractivity contribution in [3.63, 3.8) is 0 Å². The third-order valence-electron chi connectivity index (χ3n) is 4.09. The second kappa shape index (κ2) is 10.2. The minimum Gasteiger partial charge on any atom is -0.394 e. The summed E-state index contributed by atoms with van der Waals surface area (Å²) in [6.07, 6.45) is -1.71. The van der Waals surface area contributed by atoms with E-state index in [0.29, 0.717) is 6.42 Å². The molecule has 1 fully saturated rings. The molecule has 8 nitrogen and oxygen atoms in total. The summed E-state index contributed by atoms with van der Waals surface area (Å²) in [5, 5.41) is 50.5. The number of aliphatic hydroxyl groups excluding tert-OH is 5. The Balaban J connectivity index is 2.42. The van der Waals surface area contributed by atoms with Gasteiger partial charge >= 0.3 is 0 Å². The molecule has 0 aromatic rings. The molecule has 136 valence electrons. The minimum atomic E-state index is -1.58. The van der Waals surface area contributed by atoms with E-state index in [9.17, 15) is 25.2 Å². The van der Waals surface area contributed by atoms with Crippen molar-refractivity contribution in [3.8, 4) is 0 Å². The predicted octanol–water partition coefficient (Wildman–Crippen LogP) is -1.38. The van der Waals surface area contributed by atoms with Gasteiger partial charge in [-0.1, -0.05) is 39.0 Å². The predicted molar refractivity (Wildman–Crippen MR) is 81.3 cm³/mol. The third-order valence-corrected chi connectivity index (χ3v) is 4.09. The van der Waals surface area contributed by atoms with Gasteiger partial charge in [0.15, 0.2) is 6.29 Å². The maximum Gasteiger partial charge on any atom is 0.249 e. The molecule has 1 rings (SSSR count). The van der Waals surface area contributed by atoms with Crippen molar-refractivity contribution in [2.45, 2.75) is 82.2 Å². The Labute approximate surface area is 136 Å².